The number of hydrogen-bond acceptors (Lipinski definition) is 3. The molecule has 5 heteroatoms. The Morgan fingerprint density at radius 2 is 1.86 bits per heavy atom. The van der Waals surface area contributed by atoms with E-state index in [1.54, 1.807) is 18.2 Å². The van der Waals surface area contributed by atoms with Gasteiger partial charge in [0.05, 0.1) is 11.1 Å². The quantitative estimate of drug-likeness (QED) is 0.870. The number of aromatic carboxylic acids is 1. The van der Waals surface area contributed by atoms with Crippen LogP contribution in [0.4, 0.5) is 0 Å². The molecule has 1 aromatic rings. The Labute approximate surface area is 125 Å². The highest BCUT2D eigenvalue weighted by Gasteiger charge is 2.22. The van der Waals surface area contributed by atoms with Crippen molar-refractivity contribution in [3.8, 4) is 0 Å². The maximum Gasteiger partial charge on any atom is 0.336 e. The van der Waals surface area contributed by atoms with Gasteiger partial charge in [-0.1, -0.05) is 19.1 Å². The van der Waals surface area contributed by atoms with Crippen LogP contribution in [0.5, 0.6) is 0 Å². The van der Waals surface area contributed by atoms with Crippen molar-refractivity contribution in [1.29, 1.82) is 0 Å². The number of amides is 1. The fourth-order valence-electron chi connectivity index (χ4n) is 2.75. The molecule has 0 unspecified atom stereocenters. The summed E-state index contributed by atoms with van der Waals surface area (Å²) in [4.78, 5) is 25.8. The Bertz CT molecular complexity index is 508. The van der Waals surface area contributed by atoms with E-state index in [4.69, 9.17) is 5.11 Å². The summed E-state index contributed by atoms with van der Waals surface area (Å²) < 4.78 is 0. The summed E-state index contributed by atoms with van der Waals surface area (Å²) in [6.45, 7) is 5.23. The van der Waals surface area contributed by atoms with Crippen molar-refractivity contribution in [3.63, 3.8) is 0 Å². The van der Waals surface area contributed by atoms with Crippen LogP contribution in [0.1, 0.15) is 46.9 Å². The third-order valence-electron chi connectivity index (χ3n) is 3.86. The first-order valence-electron chi connectivity index (χ1n) is 7.47. The summed E-state index contributed by atoms with van der Waals surface area (Å²) in [5.41, 5.74) is 0.291. The molecule has 1 aliphatic heterocycles. The van der Waals surface area contributed by atoms with Gasteiger partial charge in [0, 0.05) is 19.1 Å². The van der Waals surface area contributed by atoms with Gasteiger partial charge in [-0.05, 0) is 37.9 Å². The number of carboxylic acid groups (broad SMARTS) is 1. The van der Waals surface area contributed by atoms with Crippen molar-refractivity contribution in [3.05, 3.63) is 35.4 Å². The summed E-state index contributed by atoms with van der Waals surface area (Å²) in [6, 6.07) is 6.47. The molecule has 1 aromatic carbocycles. The van der Waals surface area contributed by atoms with E-state index in [0.717, 1.165) is 38.9 Å². The van der Waals surface area contributed by atoms with E-state index in [0.29, 0.717) is 0 Å². The number of carbonyl (C=O) groups is 2. The molecule has 5 nitrogen and oxygen atoms in total. The molecule has 0 bridgehead atoms. The highest BCUT2D eigenvalue weighted by atomic mass is 16.4. The van der Waals surface area contributed by atoms with E-state index in [-0.39, 0.29) is 23.1 Å². The van der Waals surface area contributed by atoms with Crippen LogP contribution in [0.2, 0.25) is 0 Å². The average molecular weight is 290 g/mol. The van der Waals surface area contributed by atoms with Crippen LogP contribution in [0.15, 0.2) is 24.3 Å². The minimum Gasteiger partial charge on any atom is -0.478 e. The molecule has 21 heavy (non-hydrogen) atoms. The minimum atomic E-state index is -1.07. The summed E-state index contributed by atoms with van der Waals surface area (Å²) in [6.07, 6.45) is 2.98. The number of nitrogens with zero attached hydrogens (tertiary/aromatic N) is 1. The first-order valence-corrected chi connectivity index (χ1v) is 7.47. The number of hydrogen-bond donors (Lipinski definition) is 2. The highest BCUT2D eigenvalue weighted by molar-refractivity contribution is 6.04. The number of nitrogens with one attached hydrogen (secondary N) is 1. The van der Waals surface area contributed by atoms with Gasteiger partial charge in [0.15, 0.2) is 0 Å². The maximum absolute atomic E-state index is 12.3. The van der Waals surface area contributed by atoms with Crippen molar-refractivity contribution in [2.75, 3.05) is 19.6 Å². The van der Waals surface area contributed by atoms with E-state index in [2.05, 4.69) is 17.1 Å². The zero-order chi connectivity index (χ0) is 15.2. The largest absolute Gasteiger partial charge is 0.478 e. The fourth-order valence-corrected chi connectivity index (χ4v) is 2.75. The molecule has 0 spiro atoms. The van der Waals surface area contributed by atoms with E-state index in [9.17, 15) is 9.59 Å². The second kappa shape index (κ2) is 7.22. The van der Waals surface area contributed by atoms with Crippen LogP contribution >= 0.6 is 0 Å². The van der Waals surface area contributed by atoms with Crippen molar-refractivity contribution in [2.45, 2.75) is 32.2 Å². The smallest absolute Gasteiger partial charge is 0.336 e. The van der Waals surface area contributed by atoms with Gasteiger partial charge in [-0.3, -0.25) is 4.79 Å². The Hall–Kier alpha value is -1.88. The van der Waals surface area contributed by atoms with Crippen LogP contribution in [0, 0.1) is 0 Å². The first-order chi connectivity index (χ1) is 10.1. The van der Waals surface area contributed by atoms with Crippen molar-refractivity contribution in [2.24, 2.45) is 0 Å². The number of benzene rings is 1. The van der Waals surface area contributed by atoms with E-state index in [1.165, 1.54) is 6.07 Å². The molecule has 0 saturated carbocycles. The summed E-state index contributed by atoms with van der Waals surface area (Å²) >= 11 is 0. The fraction of sp³-hybridized carbons (Fsp3) is 0.500. The van der Waals surface area contributed by atoms with Crippen LogP contribution in [-0.4, -0.2) is 47.6 Å². The standard InChI is InChI=1S/C16H22N2O3/c1-2-9-18-10-7-12(8-11-18)17-15(19)13-5-3-4-6-14(13)16(20)21/h3-6,12H,2,7-11H2,1H3,(H,17,19)(H,20,21). The molecule has 2 rings (SSSR count). The van der Waals surface area contributed by atoms with Crippen molar-refractivity contribution >= 4 is 11.9 Å². The van der Waals surface area contributed by atoms with E-state index < -0.39 is 5.97 Å². The lowest BCUT2D eigenvalue weighted by Gasteiger charge is -2.32. The van der Waals surface area contributed by atoms with Crippen LogP contribution in [0.25, 0.3) is 0 Å². The Kier molecular flexibility index (Phi) is 5.33. The second-order valence-electron chi connectivity index (χ2n) is 5.44. The lowest BCUT2D eigenvalue weighted by molar-refractivity contribution is 0.0689. The highest BCUT2D eigenvalue weighted by Crippen LogP contribution is 2.13. The van der Waals surface area contributed by atoms with Gasteiger partial charge in [-0.2, -0.15) is 0 Å². The van der Waals surface area contributed by atoms with Gasteiger partial charge < -0.3 is 15.3 Å². The predicted molar refractivity (Wildman–Crippen MR) is 80.6 cm³/mol. The third-order valence-corrected chi connectivity index (χ3v) is 3.86. The van der Waals surface area contributed by atoms with Gasteiger partial charge in [0.1, 0.15) is 0 Å². The molecule has 0 aliphatic carbocycles. The monoisotopic (exact) mass is 290 g/mol. The van der Waals surface area contributed by atoms with Crippen LogP contribution in [-0.2, 0) is 0 Å². The lowest BCUT2D eigenvalue weighted by Crippen LogP contribution is -2.45. The number of carbonyl (C=O) groups excluding carboxylic acids is 1. The summed E-state index contributed by atoms with van der Waals surface area (Å²) in [5, 5.41) is 12.1. The molecule has 1 aliphatic rings. The van der Waals surface area contributed by atoms with Gasteiger partial charge >= 0.3 is 5.97 Å². The minimum absolute atomic E-state index is 0.0541. The molecule has 1 saturated heterocycles. The predicted octanol–water partition coefficient (Wildman–Crippen LogP) is 1.99. The molecule has 0 atom stereocenters. The maximum atomic E-state index is 12.3. The second-order valence-corrected chi connectivity index (χ2v) is 5.44. The summed E-state index contributed by atoms with van der Waals surface area (Å²) in [7, 11) is 0. The molecule has 1 amide bonds. The first kappa shape index (κ1) is 15.5. The molecule has 1 fully saturated rings. The number of likely N-dealkylation sites (tertiary alicyclic amines) is 1. The average Bonchev–Trinajstić information content (AvgIpc) is 2.49. The zero-order valence-corrected chi connectivity index (χ0v) is 12.3. The van der Waals surface area contributed by atoms with Gasteiger partial charge in [0.2, 0.25) is 0 Å². The van der Waals surface area contributed by atoms with Gasteiger partial charge in [-0.25, -0.2) is 4.79 Å². The molecular formula is C16H22N2O3. The Morgan fingerprint density at radius 3 is 2.43 bits per heavy atom. The lowest BCUT2D eigenvalue weighted by atomic mass is 10.0. The topological polar surface area (TPSA) is 69.6 Å². The number of piperidine rings is 1. The Balaban J connectivity index is 1.95. The van der Waals surface area contributed by atoms with Crippen LogP contribution in [0.3, 0.4) is 0 Å². The molecular weight excluding hydrogens is 268 g/mol. The van der Waals surface area contributed by atoms with E-state index >= 15 is 0 Å². The molecule has 1 heterocycles. The van der Waals surface area contributed by atoms with Gasteiger partial charge in [-0.15, -0.1) is 0 Å². The number of rotatable bonds is 5. The van der Waals surface area contributed by atoms with Crippen molar-refractivity contribution < 1.29 is 14.7 Å². The molecule has 114 valence electrons. The van der Waals surface area contributed by atoms with Crippen LogP contribution < -0.4 is 5.32 Å². The normalized spacial score (nSPS) is 16.6. The molecule has 0 aromatic heterocycles. The summed E-state index contributed by atoms with van der Waals surface area (Å²) in [5.74, 6) is -1.36. The zero-order valence-electron chi connectivity index (χ0n) is 12.3. The number of carboxylic acids is 1. The van der Waals surface area contributed by atoms with E-state index in [1.807, 2.05) is 0 Å². The van der Waals surface area contributed by atoms with Gasteiger partial charge in [0.25, 0.3) is 5.91 Å². The third kappa shape index (κ3) is 4.04. The van der Waals surface area contributed by atoms with Crippen molar-refractivity contribution in [1.82, 2.24) is 10.2 Å². The SMILES string of the molecule is CCCN1CCC(NC(=O)c2ccccc2C(=O)O)CC1. The Morgan fingerprint density at radius 1 is 1.24 bits per heavy atom. The molecule has 0 radical (unpaired) electrons. The molecule has 2 N–H and O–H groups in total.